The minimum Gasteiger partial charge on any atom is -0.470 e. The van der Waals surface area contributed by atoms with E-state index in [9.17, 15) is 9.59 Å². The number of carbonyl (C=O) groups excluding carboxylic acids is 1. The molecule has 1 unspecified atom stereocenters. The van der Waals surface area contributed by atoms with Crippen molar-refractivity contribution in [3.05, 3.63) is 51.3 Å². The summed E-state index contributed by atoms with van der Waals surface area (Å²) < 4.78 is 5.68. The molecule has 24 heavy (non-hydrogen) atoms. The Bertz CT molecular complexity index is 876. The summed E-state index contributed by atoms with van der Waals surface area (Å²) in [6.45, 7) is 0.833. The molecule has 0 saturated carbocycles. The van der Waals surface area contributed by atoms with Crippen LogP contribution >= 0.6 is 11.6 Å². The third-order valence-electron chi connectivity index (χ3n) is 3.59. The number of amides is 1. The van der Waals surface area contributed by atoms with Gasteiger partial charge in [0.1, 0.15) is 17.2 Å². The molecule has 0 spiro atoms. The number of pyridine rings is 1. The van der Waals surface area contributed by atoms with E-state index in [4.69, 9.17) is 21.6 Å². The fourth-order valence-electron chi connectivity index (χ4n) is 2.42. The summed E-state index contributed by atoms with van der Waals surface area (Å²) in [6, 6.07) is 3.25. The molecule has 0 aliphatic carbocycles. The van der Waals surface area contributed by atoms with Gasteiger partial charge in [-0.15, -0.1) is 0 Å². The Morgan fingerprint density at radius 3 is 3.00 bits per heavy atom. The molecule has 9 heteroatoms. The van der Waals surface area contributed by atoms with Crippen LogP contribution in [-0.2, 0) is 0 Å². The summed E-state index contributed by atoms with van der Waals surface area (Å²) in [6.07, 6.45) is 4.51. The Balaban J connectivity index is 1.69. The number of hydrogen-bond acceptors (Lipinski definition) is 6. The largest absolute Gasteiger partial charge is 0.470 e. The van der Waals surface area contributed by atoms with Gasteiger partial charge in [-0.1, -0.05) is 11.6 Å². The number of nitriles is 1. The molecule has 0 aromatic carbocycles. The Kier molecular flexibility index (Phi) is 4.44. The van der Waals surface area contributed by atoms with Crippen LogP contribution in [0.4, 0.5) is 0 Å². The van der Waals surface area contributed by atoms with Crippen LogP contribution in [0.15, 0.2) is 29.5 Å². The van der Waals surface area contributed by atoms with Crippen molar-refractivity contribution in [2.75, 3.05) is 13.1 Å². The van der Waals surface area contributed by atoms with Crippen molar-refractivity contribution < 1.29 is 9.53 Å². The molecule has 2 aromatic heterocycles. The molecule has 2 aromatic rings. The highest BCUT2D eigenvalue weighted by molar-refractivity contribution is 6.30. The van der Waals surface area contributed by atoms with Crippen LogP contribution < -0.4 is 10.3 Å². The monoisotopic (exact) mass is 345 g/mol. The molecule has 3 rings (SSSR count). The lowest BCUT2D eigenvalue weighted by Crippen LogP contribution is -2.31. The molecule has 1 aliphatic heterocycles. The number of likely N-dealkylation sites (tertiary alicyclic amines) is 1. The van der Waals surface area contributed by atoms with E-state index in [1.807, 2.05) is 6.07 Å². The Morgan fingerprint density at radius 1 is 1.46 bits per heavy atom. The van der Waals surface area contributed by atoms with Crippen LogP contribution in [0, 0.1) is 11.3 Å². The van der Waals surface area contributed by atoms with E-state index < -0.39 is 5.56 Å². The van der Waals surface area contributed by atoms with Gasteiger partial charge in [-0.05, 0) is 6.07 Å². The van der Waals surface area contributed by atoms with E-state index in [1.54, 1.807) is 4.90 Å². The second kappa shape index (κ2) is 6.68. The predicted molar refractivity (Wildman–Crippen MR) is 83.8 cm³/mol. The third kappa shape index (κ3) is 3.21. The average Bonchev–Trinajstić information content (AvgIpc) is 3.05. The van der Waals surface area contributed by atoms with E-state index in [0.29, 0.717) is 25.1 Å². The highest BCUT2D eigenvalue weighted by Crippen LogP contribution is 2.20. The van der Waals surface area contributed by atoms with Gasteiger partial charge in [-0.25, -0.2) is 9.97 Å². The van der Waals surface area contributed by atoms with Gasteiger partial charge in [0, 0.05) is 31.6 Å². The second-order valence-corrected chi connectivity index (χ2v) is 5.57. The molecule has 1 aliphatic rings. The first kappa shape index (κ1) is 16.0. The maximum absolute atomic E-state index is 12.4. The molecule has 1 fully saturated rings. The lowest BCUT2D eigenvalue weighted by molar-refractivity contribution is 0.0770. The van der Waals surface area contributed by atoms with Crippen molar-refractivity contribution in [3.63, 3.8) is 0 Å². The Hall–Kier alpha value is -2.92. The van der Waals surface area contributed by atoms with Crippen molar-refractivity contribution >= 4 is 17.5 Å². The lowest BCUT2D eigenvalue weighted by atomic mass is 10.2. The van der Waals surface area contributed by atoms with E-state index >= 15 is 0 Å². The number of halogens is 1. The van der Waals surface area contributed by atoms with Crippen molar-refractivity contribution in [2.24, 2.45) is 0 Å². The van der Waals surface area contributed by atoms with Crippen LogP contribution in [0.1, 0.15) is 22.5 Å². The zero-order chi connectivity index (χ0) is 17.1. The number of carbonyl (C=O) groups is 1. The predicted octanol–water partition coefficient (Wildman–Crippen LogP) is 0.983. The SMILES string of the molecule is N#Cc1nccnc1OC1CCN(C(=O)c2c[nH]c(=O)c(Cl)c2)C1. The fourth-order valence-corrected chi connectivity index (χ4v) is 2.59. The first-order chi connectivity index (χ1) is 11.6. The smallest absolute Gasteiger partial charge is 0.266 e. The van der Waals surface area contributed by atoms with Crippen LogP contribution in [0.2, 0.25) is 5.02 Å². The zero-order valence-electron chi connectivity index (χ0n) is 12.4. The summed E-state index contributed by atoms with van der Waals surface area (Å²) in [4.78, 5) is 35.6. The van der Waals surface area contributed by atoms with Crippen molar-refractivity contribution in [2.45, 2.75) is 12.5 Å². The van der Waals surface area contributed by atoms with E-state index in [2.05, 4.69) is 15.0 Å². The first-order valence-corrected chi connectivity index (χ1v) is 7.51. The topological polar surface area (TPSA) is 112 Å². The number of rotatable bonds is 3. The summed E-state index contributed by atoms with van der Waals surface area (Å²) in [5.74, 6) is -0.0923. The van der Waals surface area contributed by atoms with Crippen molar-refractivity contribution in [1.29, 1.82) is 5.26 Å². The first-order valence-electron chi connectivity index (χ1n) is 7.13. The normalized spacial score (nSPS) is 16.7. The van der Waals surface area contributed by atoms with Crippen molar-refractivity contribution in [3.8, 4) is 11.9 Å². The number of ether oxygens (including phenoxy) is 1. The number of hydrogen-bond donors (Lipinski definition) is 1. The molecule has 8 nitrogen and oxygen atoms in total. The highest BCUT2D eigenvalue weighted by atomic mass is 35.5. The number of aromatic nitrogens is 3. The number of aromatic amines is 1. The summed E-state index contributed by atoms with van der Waals surface area (Å²) in [5.41, 5.74) is -0.0327. The van der Waals surface area contributed by atoms with E-state index in [-0.39, 0.29) is 28.6 Å². The molecule has 0 radical (unpaired) electrons. The quantitative estimate of drug-likeness (QED) is 0.887. The van der Waals surface area contributed by atoms with Gasteiger partial charge in [0.05, 0.1) is 12.1 Å². The maximum Gasteiger partial charge on any atom is 0.266 e. The standard InChI is InChI=1S/C15H12ClN5O3/c16-11-5-9(7-20-13(11)22)15(23)21-4-1-10(8-21)24-14-12(6-17)18-2-3-19-14/h2-3,5,7,10H,1,4,8H2,(H,20,22). The number of nitrogens with zero attached hydrogens (tertiary/aromatic N) is 4. The van der Waals surface area contributed by atoms with E-state index in [0.717, 1.165) is 0 Å². The van der Waals surface area contributed by atoms with Gasteiger partial charge in [-0.3, -0.25) is 9.59 Å². The molecule has 3 heterocycles. The Labute approximate surface area is 141 Å². The Morgan fingerprint density at radius 2 is 2.25 bits per heavy atom. The van der Waals surface area contributed by atoms with Crippen LogP contribution in [0.25, 0.3) is 0 Å². The van der Waals surface area contributed by atoms with Crippen LogP contribution in [-0.4, -0.2) is 45.0 Å². The molecule has 1 saturated heterocycles. The van der Waals surface area contributed by atoms with Gasteiger partial charge in [-0.2, -0.15) is 5.26 Å². The molecule has 122 valence electrons. The lowest BCUT2D eigenvalue weighted by Gasteiger charge is -2.17. The average molecular weight is 346 g/mol. The number of H-pyrrole nitrogens is 1. The minimum absolute atomic E-state index is 0.0360. The van der Waals surface area contributed by atoms with Crippen LogP contribution in [0.5, 0.6) is 5.88 Å². The molecular weight excluding hydrogens is 334 g/mol. The van der Waals surface area contributed by atoms with Crippen molar-refractivity contribution in [1.82, 2.24) is 19.9 Å². The van der Waals surface area contributed by atoms with E-state index in [1.165, 1.54) is 24.7 Å². The van der Waals surface area contributed by atoms with Gasteiger partial charge in [0.2, 0.25) is 5.69 Å². The molecule has 1 atom stereocenters. The van der Waals surface area contributed by atoms with Gasteiger partial charge in [0.25, 0.3) is 17.3 Å². The fraction of sp³-hybridized carbons (Fsp3) is 0.267. The van der Waals surface area contributed by atoms with Gasteiger partial charge >= 0.3 is 0 Å². The highest BCUT2D eigenvalue weighted by Gasteiger charge is 2.29. The molecule has 0 bridgehead atoms. The summed E-state index contributed by atoms with van der Waals surface area (Å²) >= 11 is 5.75. The van der Waals surface area contributed by atoms with Gasteiger partial charge < -0.3 is 14.6 Å². The van der Waals surface area contributed by atoms with Crippen LogP contribution in [0.3, 0.4) is 0 Å². The third-order valence-corrected chi connectivity index (χ3v) is 3.87. The van der Waals surface area contributed by atoms with Gasteiger partial charge in [0.15, 0.2) is 0 Å². The molecular formula is C15H12ClN5O3. The molecule has 1 amide bonds. The minimum atomic E-state index is -0.442. The zero-order valence-corrected chi connectivity index (χ0v) is 13.2. The second-order valence-electron chi connectivity index (χ2n) is 5.17. The maximum atomic E-state index is 12.4. The summed E-state index contributed by atoms with van der Waals surface area (Å²) in [7, 11) is 0. The summed E-state index contributed by atoms with van der Waals surface area (Å²) in [5, 5.41) is 8.96. The number of nitrogens with one attached hydrogen (secondary N) is 1. The molecule has 1 N–H and O–H groups in total.